The summed E-state index contributed by atoms with van der Waals surface area (Å²) in [6.07, 6.45) is -3.36. The highest BCUT2D eigenvalue weighted by Crippen LogP contribution is 2.35. The monoisotopic (exact) mass is 286 g/mol. The van der Waals surface area contributed by atoms with E-state index in [4.69, 9.17) is 0 Å². The molecular weight excluding hydrogens is 269 g/mol. The van der Waals surface area contributed by atoms with Crippen molar-refractivity contribution in [3.05, 3.63) is 35.3 Å². The van der Waals surface area contributed by atoms with Crippen LogP contribution in [-0.4, -0.2) is 14.5 Å². The van der Waals surface area contributed by atoms with Crippen LogP contribution >= 0.6 is 0 Å². The summed E-state index contributed by atoms with van der Waals surface area (Å²) in [5.74, 6) is -0.0628. The summed E-state index contributed by atoms with van der Waals surface area (Å²) in [4.78, 5) is 4.13. The van der Waals surface area contributed by atoms with Gasteiger partial charge in [-0.1, -0.05) is 20.8 Å². The van der Waals surface area contributed by atoms with E-state index in [1.54, 1.807) is 6.92 Å². The second kappa shape index (κ2) is 5.09. The maximum atomic E-state index is 13.0. The van der Waals surface area contributed by atoms with Gasteiger partial charge in [-0.15, -0.1) is 0 Å². The Morgan fingerprint density at radius 2 is 2.00 bits per heavy atom. The van der Waals surface area contributed by atoms with Gasteiger partial charge in [-0.3, -0.25) is 0 Å². The number of imidazole rings is 1. The van der Waals surface area contributed by atoms with E-state index in [0.717, 1.165) is 6.07 Å². The summed E-state index contributed by atoms with van der Waals surface area (Å²) in [6.45, 7) is 5.48. The van der Waals surface area contributed by atoms with Gasteiger partial charge in [0.15, 0.2) is 0 Å². The molecule has 0 spiro atoms. The van der Waals surface area contributed by atoms with Crippen LogP contribution < -0.4 is 0 Å². The van der Waals surface area contributed by atoms with Crippen LogP contribution in [0.3, 0.4) is 0 Å². The zero-order valence-electron chi connectivity index (χ0n) is 11.6. The average Bonchev–Trinajstić information content (AvgIpc) is 2.75. The van der Waals surface area contributed by atoms with Gasteiger partial charge < -0.3 is 9.51 Å². The van der Waals surface area contributed by atoms with Crippen LogP contribution in [0.2, 0.25) is 0 Å². The van der Waals surface area contributed by atoms with E-state index in [9.17, 15) is 18.3 Å². The smallest absolute Gasteiger partial charge is 0.387 e. The number of halogens is 3. The van der Waals surface area contributed by atoms with Gasteiger partial charge in [-0.05, 0) is 24.5 Å². The molecule has 0 bridgehead atoms. The Morgan fingerprint density at radius 1 is 1.35 bits per heavy atom. The molecule has 2 aromatic rings. The number of aliphatic hydroxyl groups is 1. The van der Waals surface area contributed by atoms with Crippen LogP contribution in [0.5, 0.6) is 0 Å². The molecule has 2 heterocycles. The van der Waals surface area contributed by atoms with Crippen molar-refractivity contribution < 1.29 is 18.3 Å². The quantitative estimate of drug-likeness (QED) is 0.928. The van der Waals surface area contributed by atoms with Gasteiger partial charge in [0.1, 0.15) is 5.65 Å². The number of nitrogens with zero attached hydrogens (tertiary/aromatic N) is 2. The summed E-state index contributed by atoms with van der Waals surface area (Å²) in [5.41, 5.74) is 0.0299. The summed E-state index contributed by atoms with van der Waals surface area (Å²) in [7, 11) is 0. The molecule has 2 aromatic heterocycles. The van der Waals surface area contributed by atoms with E-state index in [0.29, 0.717) is 17.8 Å². The predicted molar refractivity (Wildman–Crippen MR) is 69.5 cm³/mol. The predicted octanol–water partition coefficient (Wildman–Crippen LogP) is 3.92. The lowest BCUT2D eigenvalue weighted by molar-refractivity contribution is -0.136. The van der Waals surface area contributed by atoms with Crippen molar-refractivity contribution in [2.75, 3.05) is 0 Å². The minimum atomic E-state index is -4.46. The summed E-state index contributed by atoms with van der Waals surface area (Å²) < 4.78 is 40.4. The van der Waals surface area contributed by atoms with Crippen molar-refractivity contribution in [3.63, 3.8) is 0 Å². The first kappa shape index (κ1) is 14.8. The molecular formula is C14H17F3N2O. The Labute approximate surface area is 115 Å². The van der Waals surface area contributed by atoms with Crippen molar-refractivity contribution >= 4 is 5.65 Å². The van der Waals surface area contributed by atoms with E-state index in [-0.39, 0.29) is 11.6 Å². The van der Waals surface area contributed by atoms with Gasteiger partial charge >= 0.3 is 6.18 Å². The molecule has 3 nitrogen and oxygen atoms in total. The molecule has 6 heteroatoms. The van der Waals surface area contributed by atoms with Crippen molar-refractivity contribution in [1.82, 2.24) is 9.38 Å². The van der Waals surface area contributed by atoms with Crippen LogP contribution in [0.4, 0.5) is 13.2 Å². The molecule has 0 aliphatic rings. The van der Waals surface area contributed by atoms with E-state index < -0.39 is 17.8 Å². The molecule has 0 aromatic carbocycles. The second-order valence-electron chi connectivity index (χ2n) is 5.07. The highest BCUT2D eigenvalue weighted by molar-refractivity contribution is 5.53. The molecule has 0 fully saturated rings. The first-order valence-electron chi connectivity index (χ1n) is 6.53. The van der Waals surface area contributed by atoms with Crippen molar-refractivity contribution in [1.29, 1.82) is 0 Å². The highest BCUT2D eigenvalue weighted by Gasteiger charge is 2.35. The second-order valence-corrected chi connectivity index (χ2v) is 5.07. The van der Waals surface area contributed by atoms with Crippen molar-refractivity contribution in [2.24, 2.45) is 0 Å². The molecule has 0 radical (unpaired) electrons. The zero-order valence-corrected chi connectivity index (χ0v) is 11.6. The molecule has 0 aliphatic carbocycles. The largest absolute Gasteiger partial charge is 0.419 e. The maximum absolute atomic E-state index is 13.0. The number of aromatic nitrogens is 2. The normalized spacial score (nSPS) is 14.2. The fourth-order valence-corrected chi connectivity index (χ4v) is 2.27. The van der Waals surface area contributed by atoms with Crippen LogP contribution in [0.1, 0.15) is 56.2 Å². The van der Waals surface area contributed by atoms with Gasteiger partial charge in [0, 0.05) is 6.20 Å². The van der Waals surface area contributed by atoms with Gasteiger partial charge in [-0.2, -0.15) is 13.2 Å². The number of fused-ring (bicyclic) bond motifs is 1. The Balaban J connectivity index is 2.81. The van der Waals surface area contributed by atoms with Crippen LogP contribution in [0, 0.1) is 0 Å². The van der Waals surface area contributed by atoms with E-state index in [2.05, 4.69) is 4.98 Å². The molecule has 1 atom stereocenters. The maximum Gasteiger partial charge on any atom is 0.419 e. The molecule has 1 unspecified atom stereocenters. The Kier molecular flexibility index (Phi) is 3.77. The summed E-state index contributed by atoms with van der Waals surface area (Å²) >= 11 is 0. The lowest BCUT2D eigenvalue weighted by Gasteiger charge is -2.13. The topological polar surface area (TPSA) is 37.5 Å². The molecule has 2 rings (SSSR count). The van der Waals surface area contributed by atoms with E-state index >= 15 is 0 Å². The molecule has 0 aliphatic heterocycles. The fraction of sp³-hybridized carbons (Fsp3) is 0.500. The third-order valence-corrected chi connectivity index (χ3v) is 3.27. The minimum absolute atomic E-state index is 0.0628. The highest BCUT2D eigenvalue weighted by atomic mass is 19.4. The number of pyridine rings is 1. The standard InChI is InChI=1S/C14H17F3N2O/c1-4-10(20)12-11(8(2)3)18-13-9(14(15,16)17)6-5-7-19(12)13/h5-8,10,20H,4H2,1-3H3. The van der Waals surface area contributed by atoms with Crippen LogP contribution in [0.25, 0.3) is 5.65 Å². The molecule has 0 saturated carbocycles. The molecule has 110 valence electrons. The third-order valence-electron chi connectivity index (χ3n) is 3.27. The summed E-state index contributed by atoms with van der Waals surface area (Å²) in [6, 6.07) is 2.34. The zero-order chi connectivity index (χ0) is 15.1. The number of rotatable bonds is 3. The van der Waals surface area contributed by atoms with Crippen molar-refractivity contribution in [2.45, 2.75) is 45.4 Å². The number of aliphatic hydroxyl groups excluding tert-OH is 1. The Morgan fingerprint density at radius 3 is 2.50 bits per heavy atom. The summed E-state index contributed by atoms with van der Waals surface area (Å²) in [5, 5.41) is 10.1. The van der Waals surface area contributed by atoms with Crippen LogP contribution in [0.15, 0.2) is 18.3 Å². The first-order chi connectivity index (χ1) is 9.27. The third kappa shape index (κ3) is 2.40. The molecule has 0 amide bonds. The van der Waals surface area contributed by atoms with E-state index in [1.807, 2.05) is 13.8 Å². The minimum Gasteiger partial charge on any atom is -0.387 e. The fourth-order valence-electron chi connectivity index (χ4n) is 2.27. The molecule has 0 saturated heterocycles. The molecule has 20 heavy (non-hydrogen) atoms. The van der Waals surface area contributed by atoms with Crippen molar-refractivity contribution in [3.8, 4) is 0 Å². The van der Waals surface area contributed by atoms with Crippen LogP contribution in [-0.2, 0) is 6.18 Å². The van der Waals surface area contributed by atoms with Gasteiger partial charge in [0.25, 0.3) is 0 Å². The van der Waals surface area contributed by atoms with Gasteiger partial charge in [0.05, 0.1) is 23.1 Å². The Hall–Kier alpha value is -1.56. The first-order valence-corrected chi connectivity index (χ1v) is 6.53. The lowest BCUT2D eigenvalue weighted by Crippen LogP contribution is -2.09. The van der Waals surface area contributed by atoms with Gasteiger partial charge in [0.2, 0.25) is 0 Å². The number of alkyl halides is 3. The SMILES string of the molecule is CCC(O)c1c(C(C)C)nc2c(C(F)(F)F)cccn12. The number of hydrogen-bond donors (Lipinski definition) is 1. The number of hydrogen-bond acceptors (Lipinski definition) is 2. The Bertz CT molecular complexity index is 617. The van der Waals surface area contributed by atoms with Gasteiger partial charge in [-0.25, -0.2) is 4.98 Å². The average molecular weight is 286 g/mol. The molecule has 1 N–H and O–H groups in total. The van der Waals surface area contributed by atoms with E-state index in [1.165, 1.54) is 16.7 Å². The lowest BCUT2D eigenvalue weighted by atomic mass is 10.0.